The molecule has 0 saturated carbocycles. The van der Waals surface area contributed by atoms with Gasteiger partial charge in [0.2, 0.25) is 0 Å². The van der Waals surface area contributed by atoms with Crippen molar-refractivity contribution < 1.29 is 25.8 Å². The Bertz CT molecular complexity index is 625. The minimum Gasteiger partial charge on any atom is -0.329 e. The summed E-state index contributed by atoms with van der Waals surface area (Å²) >= 11 is 0. The Morgan fingerprint density at radius 2 is 0.931 bits per heavy atom. The summed E-state index contributed by atoms with van der Waals surface area (Å²) in [6, 6.07) is 0. The molecule has 0 aromatic heterocycles. The van der Waals surface area contributed by atoms with Crippen LogP contribution in [0.2, 0.25) is 26.2 Å². The molecular formula is C24H46HfN2Si2. The first kappa shape index (κ1) is 29.2. The van der Waals surface area contributed by atoms with Crippen molar-refractivity contribution in [1.29, 1.82) is 0 Å². The van der Waals surface area contributed by atoms with Gasteiger partial charge in [0.15, 0.2) is 0 Å². The van der Waals surface area contributed by atoms with Crippen LogP contribution < -0.4 is 9.96 Å². The van der Waals surface area contributed by atoms with Gasteiger partial charge in [0.05, 0.1) is 0 Å². The van der Waals surface area contributed by atoms with E-state index in [1.807, 2.05) is 0 Å². The Hall–Kier alpha value is 0.184. The van der Waals surface area contributed by atoms with Crippen molar-refractivity contribution in [1.82, 2.24) is 9.96 Å². The van der Waals surface area contributed by atoms with Gasteiger partial charge in [-0.05, 0) is 68.2 Å². The van der Waals surface area contributed by atoms with Crippen LogP contribution in [0.15, 0.2) is 45.8 Å². The van der Waals surface area contributed by atoms with E-state index in [0.717, 1.165) is 12.8 Å². The SMILES string of the molecule is CC1=CCC([Si](C)(C)NC(C)(C)C)=C1.CC1=CCC([Si](C)(C)NC(C)(C)C)=C1.[Hf]. The van der Waals surface area contributed by atoms with Crippen molar-refractivity contribution in [3.63, 3.8) is 0 Å². The Labute approximate surface area is 202 Å². The fraction of sp³-hybridized carbons (Fsp3) is 0.667. The molecule has 0 radical (unpaired) electrons. The van der Waals surface area contributed by atoms with Gasteiger partial charge in [0.1, 0.15) is 16.5 Å². The number of hydrogen-bond acceptors (Lipinski definition) is 2. The summed E-state index contributed by atoms with van der Waals surface area (Å²) in [5.74, 6) is 0. The van der Waals surface area contributed by atoms with Gasteiger partial charge in [-0.2, -0.15) is 0 Å². The molecule has 29 heavy (non-hydrogen) atoms. The van der Waals surface area contributed by atoms with E-state index in [2.05, 4.69) is 116 Å². The average Bonchev–Trinajstić information content (AvgIpc) is 3.03. The second-order valence-electron chi connectivity index (χ2n) is 11.6. The molecule has 0 aliphatic heterocycles. The van der Waals surface area contributed by atoms with Gasteiger partial charge in [-0.15, -0.1) is 0 Å². The van der Waals surface area contributed by atoms with Crippen molar-refractivity contribution in [2.45, 2.75) is 105 Å². The zero-order valence-corrected chi connectivity index (χ0v) is 26.8. The molecule has 0 fully saturated rings. The van der Waals surface area contributed by atoms with Crippen molar-refractivity contribution >= 4 is 16.5 Å². The third-order valence-electron chi connectivity index (χ3n) is 5.07. The number of rotatable bonds is 4. The van der Waals surface area contributed by atoms with Crippen molar-refractivity contribution in [2.75, 3.05) is 0 Å². The summed E-state index contributed by atoms with van der Waals surface area (Å²) in [7, 11) is -2.78. The Kier molecular flexibility index (Phi) is 10.7. The number of nitrogens with one attached hydrogen (secondary N) is 2. The second kappa shape index (κ2) is 10.7. The molecule has 0 atom stereocenters. The van der Waals surface area contributed by atoms with Gasteiger partial charge in [-0.1, -0.05) is 72.0 Å². The summed E-state index contributed by atoms with van der Waals surface area (Å²) in [4.78, 5) is 7.59. The first-order chi connectivity index (χ1) is 12.4. The van der Waals surface area contributed by atoms with Crippen LogP contribution >= 0.6 is 0 Å². The molecule has 2 aliphatic carbocycles. The molecule has 0 amide bonds. The molecule has 5 heteroatoms. The van der Waals surface area contributed by atoms with E-state index in [9.17, 15) is 0 Å². The quantitative estimate of drug-likeness (QED) is 0.349. The van der Waals surface area contributed by atoms with Crippen molar-refractivity contribution in [3.05, 3.63) is 45.8 Å². The van der Waals surface area contributed by atoms with Crippen LogP contribution in [-0.2, 0) is 25.8 Å². The topological polar surface area (TPSA) is 24.1 Å². The number of allylic oxidation sites excluding steroid dienone is 8. The molecule has 2 nitrogen and oxygen atoms in total. The minimum absolute atomic E-state index is 0. The maximum atomic E-state index is 3.80. The fourth-order valence-corrected chi connectivity index (χ4v) is 10.7. The maximum Gasteiger partial charge on any atom is 0.148 e. The van der Waals surface area contributed by atoms with E-state index < -0.39 is 16.5 Å². The van der Waals surface area contributed by atoms with Crippen LogP contribution in [-0.4, -0.2) is 27.5 Å². The number of hydrogen-bond donors (Lipinski definition) is 2. The molecule has 0 spiro atoms. The average molecular weight is 597 g/mol. The summed E-state index contributed by atoms with van der Waals surface area (Å²) in [5, 5.41) is 3.26. The third-order valence-corrected chi connectivity index (χ3v) is 11.7. The zero-order valence-electron chi connectivity index (χ0n) is 21.2. The summed E-state index contributed by atoms with van der Waals surface area (Å²) in [6.07, 6.45) is 11.7. The van der Waals surface area contributed by atoms with Gasteiger partial charge in [-0.3, -0.25) is 0 Å². The van der Waals surface area contributed by atoms with E-state index in [-0.39, 0.29) is 36.9 Å². The molecular weight excluding hydrogens is 551 g/mol. The van der Waals surface area contributed by atoms with E-state index in [1.54, 1.807) is 10.4 Å². The first-order valence-corrected chi connectivity index (χ1v) is 16.8. The first-order valence-electron chi connectivity index (χ1n) is 10.8. The van der Waals surface area contributed by atoms with Crippen LogP contribution in [0.1, 0.15) is 68.2 Å². The molecule has 2 rings (SSSR count). The van der Waals surface area contributed by atoms with E-state index in [0.29, 0.717) is 0 Å². The van der Waals surface area contributed by atoms with Crippen LogP contribution in [0.4, 0.5) is 0 Å². The molecule has 0 aromatic rings. The largest absolute Gasteiger partial charge is 0.329 e. The third kappa shape index (κ3) is 10.9. The molecule has 0 heterocycles. The molecule has 0 unspecified atom stereocenters. The molecule has 0 bridgehead atoms. The molecule has 164 valence electrons. The van der Waals surface area contributed by atoms with Gasteiger partial charge >= 0.3 is 0 Å². The zero-order chi connectivity index (χ0) is 22.0. The van der Waals surface area contributed by atoms with Crippen molar-refractivity contribution in [2.24, 2.45) is 0 Å². The summed E-state index contributed by atoms with van der Waals surface area (Å²) in [5.41, 5.74) is 3.31. The molecule has 0 aromatic carbocycles. The molecule has 0 saturated heterocycles. The minimum atomic E-state index is -1.39. The van der Waals surface area contributed by atoms with Crippen LogP contribution in [0.25, 0.3) is 0 Å². The summed E-state index contributed by atoms with van der Waals surface area (Å²) < 4.78 is 0. The van der Waals surface area contributed by atoms with Crippen LogP contribution in [0.3, 0.4) is 0 Å². The smallest absolute Gasteiger partial charge is 0.148 e. The Morgan fingerprint density at radius 1 is 0.655 bits per heavy atom. The second-order valence-corrected chi connectivity index (χ2v) is 19.9. The standard InChI is InChI=1S/2C12H23NSi.Hf/c2*1-10-7-8-11(9-10)14(5,6)13-12(2,3)4;/h2*7,9,13H,8H2,1-6H3;. The van der Waals surface area contributed by atoms with Crippen molar-refractivity contribution in [3.8, 4) is 0 Å². The molecule has 2 aliphatic rings. The van der Waals surface area contributed by atoms with Gasteiger partial charge in [-0.25, -0.2) is 0 Å². The van der Waals surface area contributed by atoms with Crippen LogP contribution in [0, 0.1) is 0 Å². The predicted molar refractivity (Wildman–Crippen MR) is 134 cm³/mol. The van der Waals surface area contributed by atoms with E-state index in [1.165, 1.54) is 11.1 Å². The predicted octanol–water partition coefficient (Wildman–Crippen LogP) is 6.79. The molecule has 2 N–H and O–H groups in total. The normalized spacial score (nSPS) is 17.5. The summed E-state index contributed by atoms with van der Waals surface area (Å²) in [6.45, 7) is 27.5. The fourth-order valence-electron chi connectivity index (χ4n) is 4.23. The Morgan fingerprint density at radius 3 is 1.10 bits per heavy atom. The van der Waals surface area contributed by atoms with E-state index in [4.69, 9.17) is 0 Å². The maximum absolute atomic E-state index is 3.80. The Balaban J connectivity index is 0.000000523. The van der Waals surface area contributed by atoms with Gasteiger partial charge in [0, 0.05) is 36.9 Å². The monoisotopic (exact) mass is 598 g/mol. The van der Waals surface area contributed by atoms with Crippen LogP contribution in [0.5, 0.6) is 0 Å². The van der Waals surface area contributed by atoms with Gasteiger partial charge in [0.25, 0.3) is 0 Å². The van der Waals surface area contributed by atoms with E-state index >= 15 is 0 Å². The van der Waals surface area contributed by atoms with Gasteiger partial charge < -0.3 is 9.96 Å².